The molecule has 2 fully saturated rings. The number of likely N-dealkylation sites (tertiary alicyclic amines) is 2. The molecule has 0 bridgehead atoms. The van der Waals surface area contributed by atoms with Gasteiger partial charge in [0.15, 0.2) is 0 Å². The number of carboxylic acids is 2. The summed E-state index contributed by atoms with van der Waals surface area (Å²) in [6, 6.07) is 10.8. The molecule has 1 aromatic carbocycles. The van der Waals surface area contributed by atoms with Crippen molar-refractivity contribution in [2.75, 3.05) is 26.2 Å². The van der Waals surface area contributed by atoms with E-state index >= 15 is 0 Å². The first-order valence-electron chi connectivity index (χ1n) is 10.7. The second kappa shape index (κ2) is 12.2. The quantitative estimate of drug-likeness (QED) is 0.593. The predicted octanol–water partition coefficient (Wildman–Crippen LogP) is 3.25. The molecule has 14 heteroatoms. The Kier molecular flexibility index (Phi) is 9.87. The summed E-state index contributed by atoms with van der Waals surface area (Å²) in [6.45, 7) is 7.04. The standard InChI is InChI=1S/C18H24N4.2C2HF3O2/c1-20-8-7-19-18(20)14-22-12-16-10-21(11-17(16)13-22)9-15-5-3-2-4-6-15;2*3-2(4,5)1(6)7/h2-8,16-17H,9-14H2,1H3;2*(H,6,7)/t16-,17+;;. The summed E-state index contributed by atoms with van der Waals surface area (Å²) >= 11 is 0. The van der Waals surface area contributed by atoms with Crippen LogP contribution in [0.3, 0.4) is 0 Å². The molecule has 2 aromatic rings. The number of hydrogen-bond donors (Lipinski definition) is 2. The highest BCUT2D eigenvalue weighted by Gasteiger charge is 2.40. The lowest BCUT2D eigenvalue weighted by atomic mass is 10.0. The van der Waals surface area contributed by atoms with E-state index in [0.29, 0.717) is 0 Å². The molecule has 8 nitrogen and oxygen atoms in total. The van der Waals surface area contributed by atoms with Crippen molar-refractivity contribution in [2.24, 2.45) is 18.9 Å². The average molecular weight is 524 g/mol. The molecule has 0 saturated carbocycles. The highest BCUT2D eigenvalue weighted by molar-refractivity contribution is 5.73. The van der Waals surface area contributed by atoms with Crippen LogP contribution in [-0.2, 0) is 29.7 Å². The van der Waals surface area contributed by atoms with Crippen LogP contribution >= 0.6 is 0 Å². The molecule has 2 atom stereocenters. The Morgan fingerprint density at radius 3 is 1.64 bits per heavy atom. The molecule has 1 aromatic heterocycles. The summed E-state index contributed by atoms with van der Waals surface area (Å²) in [7, 11) is 2.08. The first-order chi connectivity index (χ1) is 16.7. The molecule has 36 heavy (non-hydrogen) atoms. The van der Waals surface area contributed by atoms with Crippen LogP contribution in [0.2, 0.25) is 0 Å². The summed E-state index contributed by atoms with van der Waals surface area (Å²) in [5.74, 6) is -2.66. The van der Waals surface area contributed by atoms with Gasteiger partial charge in [-0.15, -0.1) is 0 Å². The molecule has 0 aliphatic carbocycles. The van der Waals surface area contributed by atoms with Crippen LogP contribution in [0.4, 0.5) is 26.3 Å². The highest BCUT2D eigenvalue weighted by Crippen LogP contribution is 2.32. The fourth-order valence-corrected chi connectivity index (χ4v) is 4.04. The number of carboxylic acid groups (broad SMARTS) is 2. The Morgan fingerprint density at radius 2 is 1.28 bits per heavy atom. The van der Waals surface area contributed by atoms with Gasteiger partial charge in [0, 0.05) is 52.2 Å². The van der Waals surface area contributed by atoms with Crippen LogP contribution in [0.1, 0.15) is 11.4 Å². The SMILES string of the molecule is Cn1ccnc1CN1C[C@H]2CN(Cc3ccccc3)C[C@H]2C1.O=C(O)C(F)(F)F.O=C(O)C(F)(F)F. The molecule has 0 spiro atoms. The van der Waals surface area contributed by atoms with E-state index in [1.54, 1.807) is 0 Å². The molecular formula is C22H26F6N4O4. The molecule has 2 N–H and O–H groups in total. The lowest BCUT2D eigenvalue weighted by molar-refractivity contribution is -0.193. The topological polar surface area (TPSA) is 98.9 Å². The number of halogens is 6. The number of rotatable bonds is 4. The van der Waals surface area contributed by atoms with Crippen LogP contribution in [0, 0.1) is 11.8 Å². The minimum absolute atomic E-state index is 0.837. The van der Waals surface area contributed by atoms with E-state index in [9.17, 15) is 26.3 Å². The molecule has 2 aliphatic rings. The molecular weight excluding hydrogens is 498 g/mol. The number of imidazole rings is 1. The minimum Gasteiger partial charge on any atom is -0.475 e. The average Bonchev–Trinajstić information content (AvgIpc) is 3.44. The van der Waals surface area contributed by atoms with Crippen LogP contribution in [0.15, 0.2) is 42.7 Å². The smallest absolute Gasteiger partial charge is 0.475 e. The normalized spacial score (nSPS) is 20.1. The fourth-order valence-electron chi connectivity index (χ4n) is 4.04. The van der Waals surface area contributed by atoms with Gasteiger partial charge in [0.25, 0.3) is 0 Å². The van der Waals surface area contributed by atoms with Crippen LogP contribution in [-0.4, -0.2) is 80.0 Å². The van der Waals surface area contributed by atoms with Crippen molar-refractivity contribution in [1.82, 2.24) is 19.4 Å². The van der Waals surface area contributed by atoms with E-state index < -0.39 is 24.3 Å². The number of aliphatic carboxylic acids is 2. The van der Waals surface area contributed by atoms with Crippen molar-refractivity contribution in [1.29, 1.82) is 0 Å². The number of aromatic nitrogens is 2. The van der Waals surface area contributed by atoms with E-state index in [2.05, 4.69) is 56.7 Å². The van der Waals surface area contributed by atoms with Gasteiger partial charge in [0.05, 0.1) is 6.54 Å². The summed E-state index contributed by atoms with van der Waals surface area (Å²) in [4.78, 5) is 27.5. The fraction of sp³-hybridized carbons (Fsp3) is 0.500. The van der Waals surface area contributed by atoms with E-state index in [0.717, 1.165) is 24.9 Å². The van der Waals surface area contributed by atoms with Gasteiger partial charge >= 0.3 is 24.3 Å². The maximum Gasteiger partial charge on any atom is 0.490 e. The van der Waals surface area contributed by atoms with Crippen molar-refractivity contribution in [3.05, 3.63) is 54.1 Å². The number of aryl methyl sites for hydroxylation is 1. The Hall–Kier alpha value is -3.13. The van der Waals surface area contributed by atoms with Crippen molar-refractivity contribution < 1.29 is 46.1 Å². The van der Waals surface area contributed by atoms with Gasteiger partial charge in [-0.05, 0) is 17.4 Å². The van der Waals surface area contributed by atoms with Crippen LogP contribution < -0.4 is 0 Å². The van der Waals surface area contributed by atoms with Gasteiger partial charge in [-0.25, -0.2) is 14.6 Å². The zero-order valence-electron chi connectivity index (χ0n) is 19.2. The second-order valence-corrected chi connectivity index (χ2v) is 8.45. The first kappa shape index (κ1) is 29.1. The maximum atomic E-state index is 10.6. The van der Waals surface area contributed by atoms with E-state index in [-0.39, 0.29) is 0 Å². The lowest BCUT2D eigenvalue weighted by Gasteiger charge is -2.21. The van der Waals surface area contributed by atoms with E-state index in [1.165, 1.54) is 37.6 Å². The summed E-state index contributed by atoms with van der Waals surface area (Å²) in [6.07, 6.45) is -6.23. The summed E-state index contributed by atoms with van der Waals surface area (Å²) in [5.41, 5.74) is 1.44. The third kappa shape index (κ3) is 9.15. The Labute approximate surface area is 202 Å². The molecule has 200 valence electrons. The third-order valence-corrected chi connectivity index (χ3v) is 5.66. The number of hydrogen-bond acceptors (Lipinski definition) is 5. The number of benzene rings is 1. The monoisotopic (exact) mass is 524 g/mol. The number of nitrogens with zero attached hydrogens (tertiary/aromatic N) is 4. The second-order valence-electron chi connectivity index (χ2n) is 8.45. The zero-order valence-corrected chi connectivity index (χ0v) is 19.2. The van der Waals surface area contributed by atoms with Gasteiger partial charge in [0.2, 0.25) is 0 Å². The van der Waals surface area contributed by atoms with Crippen molar-refractivity contribution in [2.45, 2.75) is 25.4 Å². The van der Waals surface area contributed by atoms with E-state index in [1.807, 2.05) is 12.4 Å². The van der Waals surface area contributed by atoms with Gasteiger partial charge in [0.1, 0.15) is 5.82 Å². The molecule has 4 rings (SSSR count). The molecule has 0 radical (unpaired) electrons. The van der Waals surface area contributed by atoms with Gasteiger partial charge < -0.3 is 14.8 Å². The van der Waals surface area contributed by atoms with Crippen molar-refractivity contribution in [3.63, 3.8) is 0 Å². The van der Waals surface area contributed by atoms with Gasteiger partial charge in [-0.1, -0.05) is 30.3 Å². The number of alkyl halides is 6. The molecule has 0 amide bonds. The van der Waals surface area contributed by atoms with Gasteiger partial charge in [-0.3, -0.25) is 9.80 Å². The largest absolute Gasteiger partial charge is 0.490 e. The van der Waals surface area contributed by atoms with Crippen molar-refractivity contribution >= 4 is 11.9 Å². The highest BCUT2D eigenvalue weighted by atomic mass is 19.4. The predicted molar refractivity (Wildman–Crippen MR) is 115 cm³/mol. The lowest BCUT2D eigenvalue weighted by Crippen LogP contribution is -2.29. The first-order valence-corrected chi connectivity index (χ1v) is 10.7. The molecule has 2 saturated heterocycles. The summed E-state index contributed by atoms with van der Waals surface area (Å²) < 4.78 is 65.6. The van der Waals surface area contributed by atoms with Gasteiger partial charge in [-0.2, -0.15) is 26.3 Å². The molecule has 3 heterocycles. The van der Waals surface area contributed by atoms with E-state index in [4.69, 9.17) is 19.8 Å². The van der Waals surface area contributed by atoms with Crippen LogP contribution in [0.25, 0.3) is 0 Å². The molecule has 0 unspecified atom stereocenters. The Morgan fingerprint density at radius 1 is 0.861 bits per heavy atom. The number of fused-ring (bicyclic) bond motifs is 1. The minimum atomic E-state index is -5.08. The Bertz CT molecular complexity index is 958. The van der Waals surface area contributed by atoms with Crippen molar-refractivity contribution in [3.8, 4) is 0 Å². The zero-order chi connectivity index (χ0) is 27.1. The third-order valence-electron chi connectivity index (χ3n) is 5.66. The number of carbonyl (C=O) groups is 2. The molecule has 2 aliphatic heterocycles. The Balaban J connectivity index is 0.000000271. The maximum absolute atomic E-state index is 10.6. The van der Waals surface area contributed by atoms with Crippen LogP contribution in [0.5, 0.6) is 0 Å². The summed E-state index contributed by atoms with van der Waals surface area (Å²) in [5, 5.41) is 14.2.